The molecule has 0 heterocycles. The molecule has 2 heteroatoms. The predicted molar refractivity (Wildman–Crippen MR) is 49.2 cm³/mol. The molecule has 0 aliphatic heterocycles. The van der Waals surface area contributed by atoms with E-state index in [0.29, 0.717) is 0 Å². The molecule has 0 aliphatic rings. The van der Waals surface area contributed by atoms with Crippen LogP contribution < -0.4 is 4.74 Å². The maximum atomic E-state index is 5.39. The Morgan fingerprint density at radius 2 is 2.45 bits per heavy atom. The molecule has 0 unspecified atom stereocenters. The second-order valence-corrected chi connectivity index (χ2v) is 2.92. The van der Waals surface area contributed by atoms with Crippen molar-refractivity contribution >= 4 is 15.9 Å². The summed E-state index contributed by atoms with van der Waals surface area (Å²) >= 11 is 3.34. The number of halogens is 1. The van der Waals surface area contributed by atoms with Crippen LogP contribution in [0.2, 0.25) is 0 Å². The molecule has 1 nitrogen and oxygen atoms in total. The Bertz CT molecular complexity index is 186. The first-order valence-electron chi connectivity index (χ1n) is 3.58. The van der Waals surface area contributed by atoms with Crippen LogP contribution in [0.4, 0.5) is 0 Å². The van der Waals surface area contributed by atoms with Gasteiger partial charge in [-0.15, -0.1) is 0 Å². The molecule has 0 spiro atoms. The van der Waals surface area contributed by atoms with Gasteiger partial charge in [-0.25, -0.2) is 0 Å². The van der Waals surface area contributed by atoms with Gasteiger partial charge in [0.1, 0.15) is 5.75 Å². The molecule has 1 aromatic carbocycles. The number of hydrogen-bond donors (Lipinski definition) is 0. The molecule has 59 valence electrons. The van der Waals surface area contributed by atoms with Crippen LogP contribution in [0.25, 0.3) is 0 Å². The normalized spacial score (nSPS) is 9.55. The summed E-state index contributed by atoms with van der Waals surface area (Å²) in [5.41, 5.74) is 0. The van der Waals surface area contributed by atoms with Crippen molar-refractivity contribution in [3.05, 3.63) is 30.3 Å². The maximum absolute atomic E-state index is 5.39. The molecule has 0 aromatic heterocycles. The highest BCUT2D eigenvalue weighted by Crippen LogP contribution is 2.07. The highest BCUT2D eigenvalue weighted by molar-refractivity contribution is 9.09. The Hall–Kier alpha value is -0.500. The monoisotopic (exact) mass is 213 g/mol. The van der Waals surface area contributed by atoms with Crippen molar-refractivity contribution in [2.24, 2.45) is 0 Å². The molecular formula is C9H10BrO. The SMILES string of the molecule is BrCCCOc1c[c]ccc1. The molecule has 0 atom stereocenters. The van der Waals surface area contributed by atoms with Gasteiger partial charge in [-0.2, -0.15) is 0 Å². The number of ether oxygens (including phenoxy) is 1. The van der Waals surface area contributed by atoms with Crippen molar-refractivity contribution in [2.75, 3.05) is 11.9 Å². The summed E-state index contributed by atoms with van der Waals surface area (Å²) in [6, 6.07) is 10.5. The Kier molecular flexibility index (Phi) is 4.06. The van der Waals surface area contributed by atoms with Crippen LogP contribution >= 0.6 is 15.9 Å². The third kappa shape index (κ3) is 3.42. The van der Waals surface area contributed by atoms with Crippen molar-refractivity contribution in [1.82, 2.24) is 0 Å². The molecule has 0 amide bonds. The van der Waals surface area contributed by atoms with Gasteiger partial charge in [0.2, 0.25) is 0 Å². The topological polar surface area (TPSA) is 9.23 Å². The first-order valence-corrected chi connectivity index (χ1v) is 4.70. The summed E-state index contributed by atoms with van der Waals surface area (Å²) < 4.78 is 5.39. The van der Waals surface area contributed by atoms with E-state index in [2.05, 4.69) is 22.0 Å². The van der Waals surface area contributed by atoms with E-state index in [0.717, 1.165) is 24.1 Å². The van der Waals surface area contributed by atoms with Crippen LogP contribution in [0.1, 0.15) is 6.42 Å². The molecule has 0 fully saturated rings. The number of rotatable bonds is 4. The van der Waals surface area contributed by atoms with Crippen LogP contribution in [-0.2, 0) is 0 Å². The minimum Gasteiger partial charge on any atom is -0.494 e. The minimum atomic E-state index is 0.767. The summed E-state index contributed by atoms with van der Waals surface area (Å²) in [6.45, 7) is 0.767. The fourth-order valence-electron chi connectivity index (χ4n) is 0.711. The first-order chi connectivity index (χ1) is 5.43. The van der Waals surface area contributed by atoms with Gasteiger partial charge in [-0.1, -0.05) is 28.1 Å². The van der Waals surface area contributed by atoms with E-state index in [1.54, 1.807) is 0 Å². The number of alkyl halides is 1. The van der Waals surface area contributed by atoms with Crippen LogP contribution in [0.3, 0.4) is 0 Å². The minimum absolute atomic E-state index is 0.767. The first kappa shape index (κ1) is 8.60. The molecule has 0 N–H and O–H groups in total. The molecule has 0 aliphatic carbocycles. The zero-order chi connectivity index (χ0) is 7.94. The highest BCUT2D eigenvalue weighted by Gasteiger charge is 1.89. The van der Waals surface area contributed by atoms with Crippen LogP contribution in [0.15, 0.2) is 24.3 Å². The summed E-state index contributed by atoms with van der Waals surface area (Å²) in [5, 5.41) is 0.990. The quantitative estimate of drug-likeness (QED) is 0.553. The average Bonchev–Trinajstić information content (AvgIpc) is 2.07. The Labute approximate surface area is 75.5 Å². The molecule has 1 radical (unpaired) electrons. The molecule has 0 saturated carbocycles. The van der Waals surface area contributed by atoms with Crippen LogP contribution in [0, 0.1) is 6.07 Å². The van der Waals surface area contributed by atoms with E-state index in [9.17, 15) is 0 Å². The predicted octanol–water partition coefficient (Wildman–Crippen LogP) is 2.65. The highest BCUT2D eigenvalue weighted by atomic mass is 79.9. The molecule has 11 heavy (non-hydrogen) atoms. The smallest absolute Gasteiger partial charge is 0.119 e. The Balaban J connectivity index is 2.28. The average molecular weight is 214 g/mol. The fourth-order valence-corrected chi connectivity index (χ4v) is 0.940. The zero-order valence-corrected chi connectivity index (χ0v) is 7.80. The van der Waals surface area contributed by atoms with Gasteiger partial charge in [0, 0.05) is 5.33 Å². The zero-order valence-electron chi connectivity index (χ0n) is 6.22. The van der Waals surface area contributed by atoms with Crippen molar-refractivity contribution in [3.8, 4) is 5.75 Å². The van der Waals surface area contributed by atoms with Gasteiger partial charge in [0.25, 0.3) is 0 Å². The summed E-state index contributed by atoms with van der Waals surface area (Å²) in [5.74, 6) is 0.897. The Morgan fingerprint density at radius 1 is 1.55 bits per heavy atom. The van der Waals surface area contributed by atoms with Crippen LogP contribution in [0.5, 0.6) is 5.75 Å². The fraction of sp³-hybridized carbons (Fsp3) is 0.333. The molecule has 1 aromatic rings. The second-order valence-electron chi connectivity index (χ2n) is 2.13. The molecule has 0 saturated heterocycles. The van der Waals surface area contributed by atoms with Crippen molar-refractivity contribution in [2.45, 2.75) is 6.42 Å². The van der Waals surface area contributed by atoms with E-state index in [-0.39, 0.29) is 0 Å². The van der Waals surface area contributed by atoms with Crippen molar-refractivity contribution < 1.29 is 4.74 Å². The van der Waals surface area contributed by atoms with Gasteiger partial charge < -0.3 is 4.74 Å². The lowest BCUT2D eigenvalue weighted by Crippen LogP contribution is -1.96. The molecular weight excluding hydrogens is 204 g/mol. The summed E-state index contributed by atoms with van der Waals surface area (Å²) in [4.78, 5) is 0. The lowest BCUT2D eigenvalue weighted by Gasteiger charge is -2.02. The van der Waals surface area contributed by atoms with E-state index >= 15 is 0 Å². The largest absolute Gasteiger partial charge is 0.494 e. The van der Waals surface area contributed by atoms with Crippen molar-refractivity contribution in [3.63, 3.8) is 0 Å². The van der Waals surface area contributed by atoms with E-state index in [1.165, 1.54) is 0 Å². The number of benzene rings is 1. The summed E-state index contributed by atoms with van der Waals surface area (Å²) in [6.07, 6.45) is 1.04. The van der Waals surface area contributed by atoms with E-state index in [4.69, 9.17) is 4.74 Å². The van der Waals surface area contributed by atoms with Crippen LogP contribution in [-0.4, -0.2) is 11.9 Å². The number of hydrogen-bond acceptors (Lipinski definition) is 1. The van der Waals surface area contributed by atoms with Gasteiger partial charge in [0.05, 0.1) is 6.61 Å². The summed E-state index contributed by atoms with van der Waals surface area (Å²) in [7, 11) is 0. The molecule has 1 rings (SSSR count). The van der Waals surface area contributed by atoms with E-state index in [1.807, 2.05) is 24.3 Å². The standard InChI is InChI=1S/C9H10BrO/c10-7-4-8-11-9-5-2-1-3-6-9/h1-2,5-6H,4,7-8H2. The third-order valence-electron chi connectivity index (χ3n) is 1.23. The molecule has 0 bridgehead atoms. The lowest BCUT2D eigenvalue weighted by atomic mass is 10.3. The Morgan fingerprint density at radius 3 is 3.09 bits per heavy atom. The third-order valence-corrected chi connectivity index (χ3v) is 1.79. The van der Waals surface area contributed by atoms with Gasteiger partial charge in [-0.05, 0) is 24.6 Å². The second kappa shape index (κ2) is 5.19. The maximum Gasteiger partial charge on any atom is 0.119 e. The lowest BCUT2D eigenvalue weighted by molar-refractivity contribution is 0.319. The van der Waals surface area contributed by atoms with Crippen molar-refractivity contribution in [1.29, 1.82) is 0 Å². The van der Waals surface area contributed by atoms with Gasteiger partial charge in [0.15, 0.2) is 0 Å². The van der Waals surface area contributed by atoms with Gasteiger partial charge >= 0.3 is 0 Å². The van der Waals surface area contributed by atoms with Gasteiger partial charge in [-0.3, -0.25) is 0 Å². The van der Waals surface area contributed by atoms with E-state index < -0.39 is 0 Å².